The molecule has 6 nitrogen and oxygen atoms in total. The summed E-state index contributed by atoms with van der Waals surface area (Å²) in [6.07, 6.45) is 1.84. The van der Waals surface area contributed by atoms with Gasteiger partial charge >= 0.3 is 0 Å². The topological polar surface area (TPSA) is 83.0 Å². The summed E-state index contributed by atoms with van der Waals surface area (Å²) in [6, 6.07) is 13.0. The third-order valence-corrected chi connectivity index (χ3v) is 5.33. The third kappa shape index (κ3) is 4.10. The first-order valence-corrected chi connectivity index (χ1v) is 10.6. The number of nitrogens with two attached hydrogens (primary N) is 1. The highest BCUT2D eigenvalue weighted by atomic mass is 16.5. The quantitative estimate of drug-likeness (QED) is 0.418. The lowest BCUT2D eigenvalue weighted by atomic mass is 9.96. The normalized spacial score (nSPS) is 11.7. The zero-order valence-electron chi connectivity index (χ0n) is 18.4. The van der Waals surface area contributed by atoms with Crippen LogP contribution in [-0.2, 0) is 6.54 Å². The maximum absolute atomic E-state index is 12.5. The summed E-state index contributed by atoms with van der Waals surface area (Å²) in [4.78, 5) is 21.6. The molecule has 0 amide bonds. The molecule has 0 aliphatic heterocycles. The molecule has 31 heavy (non-hydrogen) atoms. The van der Waals surface area contributed by atoms with E-state index in [-0.39, 0.29) is 18.3 Å². The largest absolute Gasteiger partial charge is 0.485 e. The Bertz CT molecular complexity index is 1240. The molecule has 4 rings (SSSR count). The maximum atomic E-state index is 12.5. The number of imidazole rings is 1. The van der Waals surface area contributed by atoms with Crippen molar-refractivity contribution in [3.63, 3.8) is 0 Å². The molecule has 0 saturated carbocycles. The molecule has 0 saturated heterocycles. The number of pyridine rings is 1. The zero-order valence-corrected chi connectivity index (χ0v) is 18.4. The molecular formula is C25H28N4O2. The molecule has 0 unspecified atom stereocenters. The molecule has 0 fully saturated rings. The Kier molecular flexibility index (Phi) is 5.63. The van der Waals surface area contributed by atoms with E-state index in [9.17, 15) is 4.79 Å². The number of rotatable bonds is 7. The Morgan fingerprint density at radius 1 is 1.13 bits per heavy atom. The number of nitrogen functional groups attached to an aromatic ring is 1. The Hall–Kier alpha value is -3.41. The molecule has 0 aliphatic carbocycles. The second kappa shape index (κ2) is 8.38. The van der Waals surface area contributed by atoms with E-state index < -0.39 is 0 Å². The molecule has 2 aromatic carbocycles. The Labute approximate surface area is 182 Å². The zero-order chi connectivity index (χ0) is 22.1. The number of Topliss-reactive ketones (excluding diaryl/α,β-unsaturated/α-hetero) is 1. The monoisotopic (exact) mass is 416 g/mol. The SMILES string of the molecule is CC(C)Cn1cnc2c(N)nc3cc(OCC(=O)c4ccccc4)cc(C(C)C)c3c21. The van der Waals surface area contributed by atoms with Gasteiger partial charge in [0.15, 0.2) is 18.2 Å². The van der Waals surface area contributed by atoms with E-state index in [2.05, 4.69) is 42.2 Å². The van der Waals surface area contributed by atoms with Crippen molar-refractivity contribution in [3.05, 3.63) is 59.9 Å². The average Bonchev–Trinajstić information content (AvgIpc) is 3.15. The van der Waals surface area contributed by atoms with Crippen molar-refractivity contribution in [2.45, 2.75) is 40.2 Å². The first-order chi connectivity index (χ1) is 14.8. The molecule has 0 atom stereocenters. The maximum Gasteiger partial charge on any atom is 0.200 e. The second-order valence-electron chi connectivity index (χ2n) is 8.62. The van der Waals surface area contributed by atoms with Crippen molar-refractivity contribution >= 4 is 33.5 Å². The number of fused-ring (bicyclic) bond motifs is 3. The number of aromatic nitrogens is 3. The molecule has 2 N–H and O–H groups in total. The molecule has 160 valence electrons. The summed E-state index contributed by atoms with van der Waals surface area (Å²) < 4.78 is 8.06. The van der Waals surface area contributed by atoms with Crippen molar-refractivity contribution in [1.29, 1.82) is 0 Å². The highest BCUT2D eigenvalue weighted by Crippen LogP contribution is 2.36. The molecule has 0 aliphatic rings. The van der Waals surface area contributed by atoms with Gasteiger partial charge < -0.3 is 15.0 Å². The van der Waals surface area contributed by atoms with Crippen molar-refractivity contribution in [2.24, 2.45) is 5.92 Å². The number of anilines is 1. The summed E-state index contributed by atoms with van der Waals surface area (Å²) in [6.45, 7) is 9.44. The Balaban J connectivity index is 1.79. The Morgan fingerprint density at radius 2 is 1.87 bits per heavy atom. The third-order valence-electron chi connectivity index (χ3n) is 5.33. The summed E-state index contributed by atoms with van der Waals surface area (Å²) in [5.74, 6) is 1.64. The predicted octanol–water partition coefficient (Wildman–Crippen LogP) is 5.21. The van der Waals surface area contributed by atoms with Gasteiger partial charge in [-0.15, -0.1) is 0 Å². The number of hydrogen-bond donors (Lipinski definition) is 1. The highest BCUT2D eigenvalue weighted by molar-refractivity contribution is 6.08. The van der Waals surface area contributed by atoms with E-state index in [1.54, 1.807) is 12.1 Å². The summed E-state index contributed by atoms with van der Waals surface area (Å²) in [5, 5.41) is 1.04. The minimum absolute atomic E-state index is 0.0317. The smallest absolute Gasteiger partial charge is 0.200 e. The summed E-state index contributed by atoms with van der Waals surface area (Å²) >= 11 is 0. The van der Waals surface area contributed by atoms with E-state index in [0.717, 1.165) is 34.0 Å². The summed E-state index contributed by atoms with van der Waals surface area (Å²) in [5.41, 5.74) is 10.5. The molecule has 4 aromatic rings. The van der Waals surface area contributed by atoms with Crippen LogP contribution in [0, 0.1) is 5.92 Å². The fourth-order valence-corrected chi connectivity index (χ4v) is 3.91. The van der Waals surface area contributed by atoms with Crippen LogP contribution in [0.15, 0.2) is 48.8 Å². The minimum Gasteiger partial charge on any atom is -0.485 e. The first-order valence-electron chi connectivity index (χ1n) is 10.6. The molecule has 0 spiro atoms. The van der Waals surface area contributed by atoms with Gasteiger partial charge in [0.2, 0.25) is 0 Å². The predicted molar refractivity (Wildman–Crippen MR) is 125 cm³/mol. The van der Waals surface area contributed by atoms with Crippen LogP contribution in [0.3, 0.4) is 0 Å². The fourth-order valence-electron chi connectivity index (χ4n) is 3.91. The van der Waals surface area contributed by atoms with Crippen LogP contribution in [0.5, 0.6) is 5.75 Å². The minimum atomic E-state index is -0.0651. The lowest BCUT2D eigenvalue weighted by Crippen LogP contribution is -2.12. The number of hydrogen-bond acceptors (Lipinski definition) is 5. The van der Waals surface area contributed by atoms with Gasteiger partial charge in [0.25, 0.3) is 0 Å². The number of benzene rings is 2. The van der Waals surface area contributed by atoms with Crippen molar-refractivity contribution in [1.82, 2.24) is 14.5 Å². The van der Waals surface area contributed by atoms with Gasteiger partial charge in [-0.1, -0.05) is 58.0 Å². The van der Waals surface area contributed by atoms with Gasteiger partial charge in [0.05, 0.1) is 17.4 Å². The van der Waals surface area contributed by atoms with Crippen LogP contribution in [0.1, 0.15) is 49.5 Å². The van der Waals surface area contributed by atoms with E-state index in [1.165, 1.54) is 0 Å². The van der Waals surface area contributed by atoms with Gasteiger partial charge in [-0.2, -0.15) is 0 Å². The van der Waals surface area contributed by atoms with Crippen LogP contribution in [0.2, 0.25) is 0 Å². The molecule has 0 bridgehead atoms. The van der Waals surface area contributed by atoms with Crippen molar-refractivity contribution < 1.29 is 9.53 Å². The van der Waals surface area contributed by atoms with Gasteiger partial charge in [0.1, 0.15) is 11.3 Å². The van der Waals surface area contributed by atoms with Gasteiger partial charge in [0, 0.05) is 23.6 Å². The van der Waals surface area contributed by atoms with Crippen molar-refractivity contribution in [2.75, 3.05) is 12.3 Å². The summed E-state index contributed by atoms with van der Waals surface area (Å²) in [7, 11) is 0. The molecule has 6 heteroatoms. The van der Waals surface area contributed by atoms with Crippen LogP contribution >= 0.6 is 0 Å². The van der Waals surface area contributed by atoms with E-state index in [1.807, 2.05) is 36.7 Å². The highest BCUT2D eigenvalue weighted by Gasteiger charge is 2.19. The van der Waals surface area contributed by atoms with Crippen LogP contribution < -0.4 is 10.5 Å². The molecular weight excluding hydrogens is 388 g/mol. The van der Waals surface area contributed by atoms with Crippen LogP contribution in [0.25, 0.3) is 21.9 Å². The van der Waals surface area contributed by atoms with Gasteiger partial charge in [-0.05, 0) is 23.5 Å². The van der Waals surface area contributed by atoms with Gasteiger partial charge in [-0.3, -0.25) is 4.79 Å². The standard InChI is InChI=1S/C25H28N4O2/c1-15(2)12-29-14-27-23-24(29)22-19(16(3)4)10-18(11-20(22)28-25(23)26)31-13-21(30)17-8-6-5-7-9-17/h5-11,14-16H,12-13H2,1-4H3,(H2,26,28). The number of ether oxygens (including phenoxy) is 1. The van der Waals surface area contributed by atoms with Crippen molar-refractivity contribution in [3.8, 4) is 5.75 Å². The number of ketones is 1. The second-order valence-corrected chi connectivity index (χ2v) is 8.62. The van der Waals surface area contributed by atoms with E-state index >= 15 is 0 Å². The van der Waals surface area contributed by atoms with E-state index in [0.29, 0.717) is 23.0 Å². The van der Waals surface area contributed by atoms with Gasteiger partial charge in [-0.25, -0.2) is 9.97 Å². The number of nitrogens with zero attached hydrogens (tertiary/aromatic N) is 3. The molecule has 2 heterocycles. The van der Waals surface area contributed by atoms with Crippen LogP contribution in [-0.4, -0.2) is 26.9 Å². The fraction of sp³-hybridized carbons (Fsp3) is 0.320. The number of carbonyl (C=O) groups excluding carboxylic acids is 1. The lowest BCUT2D eigenvalue weighted by Gasteiger charge is -2.16. The number of carbonyl (C=O) groups is 1. The Morgan fingerprint density at radius 3 is 2.55 bits per heavy atom. The first kappa shape index (κ1) is 20.8. The van der Waals surface area contributed by atoms with E-state index in [4.69, 9.17) is 10.5 Å². The molecule has 2 aromatic heterocycles. The average molecular weight is 417 g/mol. The lowest BCUT2D eigenvalue weighted by molar-refractivity contribution is 0.0921. The van der Waals surface area contributed by atoms with Crippen LogP contribution in [0.4, 0.5) is 5.82 Å². The molecule has 0 radical (unpaired) electrons.